The molecule has 2 N–H and O–H groups in total. The van der Waals surface area contributed by atoms with Gasteiger partial charge in [-0.25, -0.2) is 14.2 Å². The topological polar surface area (TPSA) is 120 Å². The van der Waals surface area contributed by atoms with Gasteiger partial charge in [0.25, 0.3) is 17.4 Å². The smallest absolute Gasteiger partial charge is 0.430 e. The second kappa shape index (κ2) is 11.2. The van der Waals surface area contributed by atoms with Crippen LogP contribution in [0.25, 0.3) is 17.7 Å². The molecule has 0 bridgehead atoms. The molecule has 0 fully saturated rings. The van der Waals surface area contributed by atoms with E-state index in [9.17, 15) is 40.6 Å². The number of carbonyl (C=O) groups is 1. The second-order valence-corrected chi connectivity index (χ2v) is 10.1. The molecule has 1 unspecified atom stereocenters. The highest BCUT2D eigenvalue weighted by molar-refractivity contribution is 5.89. The van der Waals surface area contributed by atoms with Crippen molar-refractivity contribution in [2.24, 2.45) is 0 Å². The fourth-order valence-electron chi connectivity index (χ4n) is 3.49. The van der Waals surface area contributed by atoms with Crippen molar-refractivity contribution in [3.8, 4) is 17.5 Å². The lowest BCUT2D eigenvalue weighted by atomic mass is 9.91. The summed E-state index contributed by atoms with van der Waals surface area (Å²) in [5.74, 6) is -5.10. The van der Waals surface area contributed by atoms with E-state index in [2.05, 4.69) is 21.8 Å². The Morgan fingerprint density at radius 3 is 2.24 bits per heavy atom. The quantitative estimate of drug-likeness (QED) is 0.280. The van der Waals surface area contributed by atoms with Gasteiger partial charge in [-0.1, -0.05) is 18.7 Å². The first-order valence-corrected chi connectivity index (χ1v) is 12.0. The fourth-order valence-corrected chi connectivity index (χ4v) is 3.49. The van der Waals surface area contributed by atoms with Crippen molar-refractivity contribution >= 4 is 17.9 Å². The highest BCUT2D eigenvalue weighted by Gasteiger charge is 2.61. The first-order chi connectivity index (χ1) is 19.2. The number of nitrogens with zero attached hydrogens (tertiary/aromatic N) is 3. The average molecular weight is 606 g/mol. The number of benzene rings is 1. The monoisotopic (exact) mass is 606 g/mol. The van der Waals surface area contributed by atoms with Gasteiger partial charge in [-0.3, -0.25) is 5.32 Å². The molecule has 1 atom stereocenters. The minimum atomic E-state index is -5.64. The number of anilines is 1. The van der Waals surface area contributed by atoms with E-state index in [1.807, 2.05) is 5.32 Å². The lowest BCUT2D eigenvalue weighted by Gasteiger charge is -2.28. The van der Waals surface area contributed by atoms with Crippen LogP contribution in [0, 0.1) is 5.82 Å². The van der Waals surface area contributed by atoms with Gasteiger partial charge in [0.15, 0.2) is 5.69 Å². The number of amides is 1. The van der Waals surface area contributed by atoms with E-state index in [-0.39, 0.29) is 5.56 Å². The van der Waals surface area contributed by atoms with Crippen molar-refractivity contribution < 1.29 is 54.5 Å². The molecule has 0 aliphatic rings. The van der Waals surface area contributed by atoms with Crippen molar-refractivity contribution in [3.63, 3.8) is 0 Å². The molecule has 228 valence electrons. The molecule has 9 nitrogen and oxygen atoms in total. The molecule has 0 aliphatic heterocycles. The maximum Gasteiger partial charge on any atom is 0.430 e. The zero-order chi connectivity index (χ0) is 31.8. The molecule has 3 aromatic rings. The van der Waals surface area contributed by atoms with Crippen LogP contribution in [0.4, 0.5) is 41.2 Å². The second-order valence-electron chi connectivity index (χ2n) is 10.1. The van der Waals surface area contributed by atoms with E-state index in [1.54, 1.807) is 0 Å². The number of hydrogen-bond donors (Lipinski definition) is 2. The number of pyridine rings is 1. The Labute approximate surface area is 234 Å². The maximum atomic E-state index is 14.6. The molecule has 0 aliphatic carbocycles. The standard InChI is InChI=1S/C26H25F7N4O5/c1-7-13-8-9-16(27)14(10-13)24(39,26(31,32)33)21-37-36-20(41-21)18-17(34-22(38)42-23(4,5)6)11-15(25(28,29)30)19(35-18)40-12(2)3/h7-12,39H,1H2,2-6H3,(H,34,38). The van der Waals surface area contributed by atoms with E-state index in [4.69, 9.17) is 13.9 Å². The Balaban J connectivity index is 2.28. The normalized spacial score (nSPS) is 14.0. The highest BCUT2D eigenvalue weighted by Crippen LogP contribution is 2.46. The van der Waals surface area contributed by atoms with Crippen LogP contribution in [-0.2, 0) is 16.5 Å². The van der Waals surface area contributed by atoms with Gasteiger partial charge < -0.3 is 19.0 Å². The predicted octanol–water partition coefficient (Wildman–Crippen LogP) is 6.86. The summed E-state index contributed by atoms with van der Waals surface area (Å²) in [6.07, 6.45) is -11.7. The number of hydrogen-bond acceptors (Lipinski definition) is 8. The Hall–Kier alpha value is -4.21. The molecule has 16 heteroatoms. The minimum absolute atomic E-state index is 0.00228. The van der Waals surface area contributed by atoms with Gasteiger partial charge in [0.05, 0.1) is 11.8 Å². The Morgan fingerprint density at radius 1 is 1.07 bits per heavy atom. The van der Waals surface area contributed by atoms with E-state index in [0.29, 0.717) is 18.2 Å². The first kappa shape index (κ1) is 32.3. The van der Waals surface area contributed by atoms with Crippen LogP contribution in [0.1, 0.15) is 57.2 Å². The molecule has 2 aromatic heterocycles. The van der Waals surface area contributed by atoms with Crippen LogP contribution in [-0.4, -0.2) is 44.3 Å². The lowest BCUT2D eigenvalue weighted by Crippen LogP contribution is -2.44. The van der Waals surface area contributed by atoms with Crippen LogP contribution >= 0.6 is 0 Å². The van der Waals surface area contributed by atoms with Crippen molar-refractivity contribution in [3.05, 3.63) is 59.2 Å². The van der Waals surface area contributed by atoms with E-state index in [0.717, 1.165) is 12.1 Å². The summed E-state index contributed by atoms with van der Waals surface area (Å²) in [4.78, 5) is 16.2. The largest absolute Gasteiger partial charge is 0.474 e. The van der Waals surface area contributed by atoms with E-state index >= 15 is 0 Å². The first-order valence-electron chi connectivity index (χ1n) is 12.0. The average Bonchev–Trinajstić information content (AvgIpc) is 3.32. The van der Waals surface area contributed by atoms with Gasteiger partial charge in [-0.2, -0.15) is 26.3 Å². The van der Waals surface area contributed by atoms with Crippen molar-refractivity contribution in [1.82, 2.24) is 15.2 Å². The van der Waals surface area contributed by atoms with Gasteiger partial charge in [0.2, 0.25) is 5.88 Å². The fraction of sp³-hybridized carbons (Fsp3) is 0.385. The third-order valence-corrected chi connectivity index (χ3v) is 5.24. The van der Waals surface area contributed by atoms with Gasteiger partial charge >= 0.3 is 18.4 Å². The van der Waals surface area contributed by atoms with Gasteiger partial charge in [0.1, 0.15) is 17.0 Å². The van der Waals surface area contributed by atoms with Crippen molar-refractivity contribution in [1.29, 1.82) is 0 Å². The van der Waals surface area contributed by atoms with Crippen LogP contribution in [0.5, 0.6) is 5.88 Å². The van der Waals surface area contributed by atoms with Crippen LogP contribution < -0.4 is 10.1 Å². The highest BCUT2D eigenvalue weighted by atomic mass is 19.4. The molecular formula is C26H25F7N4O5. The summed E-state index contributed by atoms with van der Waals surface area (Å²) < 4.78 is 114. The SMILES string of the molecule is C=Cc1ccc(F)c(C(O)(c2nnc(-c3nc(OC(C)C)c(C(F)(F)F)cc3NC(=O)OC(C)(C)C)o2)C(F)(F)F)c1. The third-order valence-electron chi connectivity index (χ3n) is 5.24. The summed E-state index contributed by atoms with van der Waals surface area (Å²) in [6, 6.07) is 2.78. The van der Waals surface area contributed by atoms with Gasteiger partial charge in [-0.15, -0.1) is 10.2 Å². The molecule has 3 rings (SSSR count). The van der Waals surface area contributed by atoms with Crippen molar-refractivity contribution in [2.75, 3.05) is 5.32 Å². The Bertz CT molecular complexity index is 1480. The molecule has 42 heavy (non-hydrogen) atoms. The number of halogens is 7. The predicted molar refractivity (Wildman–Crippen MR) is 134 cm³/mol. The molecule has 2 heterocycles. The van der Waals surface area contributed by atoms with Gasteiger partial charge in [0, 0.05) is 5.56 Å². The van der Waals surface area contributed by atoms with Crippen LogP contribution in [0.3, 0.4) is 0 Å². The van der Waals surface area contributed by atoms with Crippen molar-refractivity contribution in [2.45, 2.75) is 64.3 Å². The number of aromatic nitrogens is 3. The number of ether oxygens (including phenoxy) is 2. The van der Waals surface area contributed by atoms with E-state index in [1.165, 1.54) is 34.6 Å². The Kier molecular flexibility index (Phi) is 8.64. The molecule has 0 radical (unpaired) electrons. The summed E-state index contributed by atoms with van der Waals surface area (Å²) in [7, 11) is 0. The zero-order valence-electron chi connectivity index (χ0n) is 22.7. The molecule has 0 saturated heterocycles. The molecule has 1 amide bonds. The number of rotatable bonds is 7. The maximum absolute atomic E-state index is 14.6. The summed E-state index contributed by atoms with van der Waals surface area (Å²) in [5.41, 5.74) is -9.64. The van der Waals surface area contributed by atoms with Gasteiger partial charge in [-0.05, 0) is 58.4 Å². The zero-order valence-corrected chi connectivity index (χ0v) is 22.7. The summed E-state index contributed by atoms with van der Waals surface area (Å²) in [6.45, 7) is 10.6. The summed E-state index contributed by atoms with van der Waals surface area (Å²) >= 11 is 0. The molecule has 1 aromatic carbocycles. The number of nitrogens with one attached hydrogen (secondary N) is 1. The number of aliphatic hydroxyl groups is 1. The number of alkyl halides is 6. The lowest BCUT2D eigenvalue weighted by molar-refractivity contribution is -0.256. The molecule has 0 spiro atoms. The van der Waals surface area contributed by atoms with Crippen LogP contribution in [0.15, 0.2) is 35.3 Å². The molecule has 0 saturated carbocycles. The van der Waals surface area contributed by atoms with E-state index < -0.39 is 81.7 Å². The third kappa shape index (κ3) is 6.80. The summed E-state index contributed by atoms with van der Waals surface area (Å²) in [5, 5.41) is 19.5. The minimum Gasteiger partial charge on any atom is -0.474 e. The number of carbonyl (C=O) groups excluding carboxylic acids is 1. The molecular weight excluding hydrogens is 581 g/mol. The van der Waals surface area contributed by atoms with Crippen LogP contribution in [0.2, 0.25) is 0 Å². The Morgan fingerprint density at radius 2 is 1.71 bits per heavy atom.